The molecule has 0 saturated carbocycles. The molecule has 0 aliphatic heterocycles. The highest BCUT2D eigenvalue weighted by atomic mass is 32.2. The van der Waals surface area contributed by atoms with Gasteiger partial charge in [-0.05, 0) is 31.2 Å². The van der Waals surface area contributed by atoms with Gasteiger partial charge < -0.3 is 5.32 Å². The SMILES string of the molecule is Cc1cccc(SCCNc2ncnc3ccccc23)c1. The smallest absolute Gasteiger partial charge is 0.137 e. The summed E-state index contributed by atoms with van der Waals surface area (Å²) in [5.41, 5.74) is 2.27. The van der Waals surface area contributed by atoms with E-state index in [1.54, 1.807) is 6.33 Å². The Balaban J connectivity index is 1.60. The lowest BCUT2D eigenvalue weighted by Gasteiger charge is -2.08. The van der Waals surface area contributed by atoms with E-state index in [1.807, 2.05) is 36.0 Å². The first-order chi connectivity index (χ1) is 10.3. The van der Waals surface area contributed by atoms with E-state index in [-0.39, 0.29) is 0 Å². The Labute approximate surface area is 128 Å². The van der Waals surface area contributed by atoms with E-state index in [0.29, 0.717) is 0 Å². The monoisotopic (exact) mass is 295 g/mol. The van der Waals surface area contributed by atoms with Gasteiger partial charge in [0.2, 0.25) is 0 Å². The molecule has 21 heavy (non-hydrogen) atoms. The average Bonchev–Trinajstić information content (AvgIpc) is 2.52. The van der Waals surface area contributed by atoms with Gasteiger partial charge in [-0.25, -0.2) is 9.97 Å². The largest absolute Gasteiger partial charge is 0.369 e. The molecule has 0 radical (unpaired) electrons. The van der Waals surface area contributed by atoms with Crippen LogP contribution in [0.4, 0.5) is 5.82 Å². The topological polar surface area (TPSA) is 37.8 Å². The maximum Gasteiger partial charge on any atom is 0.137 e. The van der Waals surface area contributed by atoms with Gasteiger partial charge in [0.25, 0.3) is 0 Å². The minimum Gasteiger partial charge on any atom is -0.369 e. The fourth-order valence-electron chi connectivity index (χ4n) is 2.19. The van der Waals surface area contributed by atoms with E-state index >= 15 is 0 Å². The van der Waals surface area contributed by atoms with Crippen LogP contribution in [-0.2, 0) is 0 Å². The van der Waals surface area contributed by atoms with Crippen molar-refractivity contribution in [1.29, 1.82) is 0 Å². The summed E-state index contributed by atoms with van der Waals surface area (Å²) < 4.78 is 0. The molecule has 0 aliphatic rings. The third-order valence-corrected chi connectivity index (χ3v) is 4.19. The van der Waals surface area contributed by atoms with E-state index < -0.39 is 0 Å². The van der Waals surface area contributed by atoms with Crippen molar-refractivity contribution in [2.75, 3.05) is 17.6 Å². The minimum absolute atomic E-state index is 0.875. The second-order valence-electron chi connectivity index (χ2n) is 4.83. The second kappa shape index (κ2) is 6.59. The fourth-order valence-corrected chi connectivity index (χ4v) is 3.07. The Morgan fingerprint density at radius 2 is 1.95 bits per heavy atom. The summed E-state index contributed by atoms with van der Waals surface area (Å²) in [6.45, 7) is 2.99. The predicted octanol–water partition coefficient (Wildman–Crippen LogP) is 4.14. The third kappa shape index (κ3) is 3.52. The number of hydrogen-bond acceptors (Lipinski definition) is 4. The number of fused-ring (bicyclic) bond motifs is 1. The van der Waals surface area contributed by atoms with Gasteiger partial charge in [0.15, 0.2) is 0 Å². The molecule has 4 heteroatoms. The van der Waals surface area contributed by atoms with Crippen LogP contribution in [0.5, 0.6) is 0 Å². The van der Waals surface area contributed by atoms with E-state index in [1.165, 1.54) is 10.5 Å². The zero-order valence-electron chi connectivity index (χ0n) is 11.9. The van der Waals surface area contributed by atoms with Gasteiger partial charge in [0.1, 0.15) is 12.1 Å². The summed E-state index contributed by atoms with van der Waals surface area (Å²) >= 11 is 1.85. The van der Waals surface area contributed by atoms with Crippen LogP contribution < -0.4 is 5.32 Å². The first-order valence-electron chi connectivity index (χ1n) is 6.96. The summed E-state index contributed by atoms with van der Waals surface area (Å²) in [4.78, 5) is 9.91. The van der Waals surface area contributed by atoms with Crippen molar-refractivity contribution in [2.45, 2.75) is 11.8 Å². The molecule has 0 aliphatic carbocycles. The number of thioether (sulfide) groups is 1. The van der Waals surface area contributed by atoms with Crippen molar-refractivity contribution in [3.63, 3.8) is 0 Å². The van der Waals surface area contributed by atoms with Crippen LogP contribution in [-0.4, -0.2) is 22.3 Å². The third-order valence-electron chi connectivity index (χ3n) is 3.20. The summed E-state index contributed by atoms with van der Waals surface area (Å²) in [6.07, 6.45) is 1.61. The predicted molar refractivity (Wildman–Crippen MR) is 89.9 cm³/mol. The van der Waals surface area contributed by atoms with Crippen molar-refractivity contribution in [1.82, 2.24) is 9.97 Å². The van der Waals surface area contributed by atoms with Crippen LogP contribution in [0.1, 0.15) is 5.56 Å². The van der Waals surface area contributed by atoms with Crippen LogP contribution >= 0.6 is 11.8 Å². The molecular weight excluding hydrogens is 278 g/mol. The molecule has 1 heterocycles. The lowest BCUT2D eigenvalue weighted by Crippen LogP contribution is -2.06. The van der Waals surface area contributed by atoms with Gasteiger partial charge in [-0.1, -0.05) is 29.8 Å². The van der Waals surface area contributed by atoms with Gasteiger partial charge in [-0.2, -0.15) is 0 Å². The Bertz CT molecular complexity index is 737. The van der Waals surface area contributed by atoms with E-state index in [4.69, 9.17) is 0 Å². The number of rotatable bonds is 5. The zero-order chi connectivity index (χ0) is 14.5. The number of para-hydroxylation sites is 1. The van der Waals surface area contributed by atoms with E-state index in [9.17, 15) is 0 Å². The Morgan fingerprint density at radius 3 is 2.86 bits per heavy atom. The summed E-state index contributed by atoms with van der Waals surface area (Å²) in [5.74, 6) is 1.91. The van der Waals surface area contributed by atoms with E-state index in [0.717, 1.165) is 29.0 Å². The molecule has 0 amide bonds. The van der Waals surface area contributed by atoms with Crippen LogP contribution in [0, 0.1) is 6.92 Å². The summed E-state index contributed by atoms with van der Waals surface area (Å²) in [6, 6.07) is 16.6. The number of nitrogens with one attached hydrogen (secondary N) is 1. The highest BCUT2D eigenvalue weighted by Crippen LogP contribution is 2.20. The first-order valence-corrected chi connectivity index (χ1v) is 7.94. The number of aryl methyl sites for hydroxylation is 1. The Hall–Kier alpha value is -2.07. The number of benzene rings is 2. The molecule has 3 rings (SSSR count). The summed E-state index contributed by atoms with van der Waals surface area (Å²) in [5, 5.41) is 4.47. The van der Waals surface area contributed by atoms with Gasteiger partial charge in [0, 0.05) is 22.6 Å². The number of nitrogens with zero attached hydrogens (tertiary/aromatic N) is 2. The van der Waals surface area contributed by atoms with Gasteiger partial charge >= 0.3 is 0 Å². The molecule has 1 aromatic heterocycles. The lowest BCUT2D eigenvalue weighted by molar-refractivity contribution is 1.15. The van der Waals surface area contributed by atoms with Crippen molar-refractivity contribution >= 4 is 28.5 Å². The highest BCUT2D eigenvalue weighted by molar-refractivity contribution is 7.99. The molecule has 0 saturated heterocycles. The van der Waals surface area contributed by atoms with Crippen LogP contribution in [0.2, 0.25) is 0 Å². The molecule has 0 spiro atoms. The van der Waals surface area contributed by atoms with Gasteiger partial charge in [-0.3, -0.25) is 0 Å². The van der Waals surface area contributed by atoms with Crippen molar-refractivity contribution in [3.05, 3.63) is 60.4 Å². The number of anilines is 1. The molecule has 3 aromatic rings. The fraction of sp³-hybridized carbons (Fsp3) is 0.176. The second-order valence-corrected chi connectivity index (χ2v) is 6.00. The summed E-state index contributed by atoms with van der Waals surface area (Å²) in [7, 11) is 0. The maximum absolute atomic E-state index is 4.33. The van der Waals surface area contributed by atoms with Gasteiger partial charge in [-0.15, -0.1) is 11.8 Å². The van der Waals surface area contributed by atoms with Crippen molar-refractivity contribution in [2.24, 2.45) is 0 Å². The molecule has 0 bridgehead atoms. The normalized spacial score (nSPS) is 10.7. The lowest BCUT2D eigenvalue weighted by atomic mass is 10.2. The molecule has 0 atom stereocenters. The van der Waals surface area contributed by atoms with Crippen LogP contribution in [0.15, 0.2) is 59.8 Å². The molecule has 1 N–H and O–H groups in total. The van der Waals surface area contributed by atoms with Crippen molar-refractivity contribution < 1.29 is 0 Å². The van der Waals surface area contributed by atoms with E-state index in [2.05, 4.69) is 46.5 Å². The standard InChI is InChI=1S/C17H17N3S/c1-13-5-4-6-14(11-13)21-10-9-18-17-15-7-2-3-8-16(15)19-12-20-17/h2-8,11-12H,9-10H2,1H3,(H,18,19,20). The number of aromatic nitrogens is 2. The van der Waals surface area contributed by atoms with Crippen LogP contribution in [0.3, 0.4) is 0 Å². The van der Waals surface area contributed by atoms with Crippen LogP contribution in [0.25, 0.3) is 10.9 Å². The highest BCUT2D eigenvalue weighted by Gasteiger charge is 2.02. The Kier molecular flexibility index (Phi) is 4.36. The molecule has 2 aromatic carbocycles. The molecule has 106 valence electrons. The van der Waals surface area contributed by atoms with Crippen molar-refractivity contribution in [3.8, 4) is 0 Å². The molecular formula is C17H17N3S. The Morgan fingerprint density at radius 1 is 1.05 bits per heavy atom. The molecule has 0 unspecified atom stereocenters. The molecule has 3 nitrogen and oxygen atoms in total. The minimum atomic E-state index is 0.875. The van der Waals surface area contributed by atoms with Gasteiger partial charge in [0.05, 0.1) is 5.52 Å². The first kappa shape index (κ1) is 13.9. The number of hydrogen-bond donors (Lipinski definition) is 1. The molecule has 0 fully saturated rings. The average molecular weight is 295 g/mol. The quantitative estimate of drug-likeness (QED) is 0.567. The zero-order valence-corrected chi connectivity index (χ0v) is 12.7. The maximum atomic E-state index is 4.33.